The zero-order valence-electron chi connectivity index (χ0n) is 18.8. The van der Waals surface area contributed by atoms with Crippen LogP contribution in [0.15, 0.2) is 72.8 Å². The second kappa shape index (κ2) is 8.67. The Bertz CT molecular complexity index is 1160. The molecule has 2 amide bonds. The zero-order chi connectivity index (χ0) is 23.8. The number of aliphatic hydroxyl groups excluding tert-OH is 1. The smallest absolute Gasteiger partial charge is 0.296 e. The lowest BCUT2D eigenvalue weighted by Gasteiger charge is -2.34. The average molecular weight is 446 g/mol. The number of fused-ring (bicyclic) bond motifs is 2. The molecule has 1 saturated heterocycles. The van der Waals surface area contributed by atoms with Crippen LogP contribution in [-0.4, -0.2) is 66.2 Å². The topological polar surface area (TPSA) is 81.2 Å². The van der Waals surface area contributed by atoms with Crippen molar-refractivity contribution in [2.24, 2.45) is 0 Å². The largest absolute Gasteiger partial charge is 0.507 e. The molecule has 0 radical (unpaired) electrons. The lowest BCUT2D eigenvalue weighted by Crippen LogP contribution is -2.52. The minimum absolute atomic E-state index is 0.187. The number of para-hydroxylation sites is 1. The van der Waals surface area contributed by atoms with Crippen molar-refractivity contribution in [1.29, 1.82) is 0 Å². The van der Waals surface area contributed by atoms with Crippen LogP contribution in [0.4, 0.5) is 5.69 Å². The molecule has 2 aromatic rings. The quantitative estimate of drug-likeness (QED) is 0.307. The first-order valence-electron chi connectivity index (χ1n) is 10.9. The van der Waals surface area contributed by atoms with E-state index in [1.165, 1.54) is 9.80 Å². The van der Waals surface area contributed by atoms with Gasteiger partial charge < -0.3 is 19.8 Å². The number of ketones is 1. The maximum absolute atomic E-state index is 14.1. The Kier molecular flexibility index (Phi) is 5.91. The zero-order valence-corrected chi connectivity index (χ0v) is 18.8. The molecule has 0 aromatic heterocycles. The molecule has 1 fully saturated rings. The number of anilines is 1. The highest BCUT2D eigenvalue weighted by Crippen LogP contribution is 2.53. The molecule has 7 heteroatoms. The fourth-order valence-corrected chi connectivity index (χ4v) is 4.76. The highest BCUT2D eigenvalue weighted by molar-refractivity contribution is 6.50. The first kappa shape index (κ1) is 22.5. The lowest BCUT2D eigenvalue weighted by atomic mass is 9.82. The number of aliphatic hydroxyl groups is 1. The minimum Gasteiger partial charge on any atom is -0.507 e. The van der Waals surface area contributed by atoms with Crippen molar-refractivity contribution in [3.8, 4) is 0 Å². The van der Waals surface area contributed by atoms with Gasteiger partial charge in [0.15, 0.2) is 5.54 Å². The third kappa shape index (κ3) is 3.36. The summed E-state index contributed by atoms with van der Waals surface area (Å²) in [7, 11) is 3.84. The Balaban J connectivity index is 2.00. The number of amides is 2. The molecule has 0 aliphatic carbocycles. The molecule has 1 unspecified atom stereocenters. The Morgan fingerprint density at radius 2 is 1.73 bits per heavy atom. The highest BCUT2D eigenvalue weighted by atomic mass is 16.3. The van der Waals surface area contributed by atoms with Gasteiger partial charge in [-0.2, -0.15) is 0 Å². The molecule has 1 spiro atoms. The highest BCUT2D eigenvalue weighted by Gasteiger charge is 2.66. The summed E-state index contributed by atoms with van der Waals surface area (Å²) >= 11 is 0. The van der Waals surface area contributed by atoms with Crippen LogP contribution in [0.25, 0.3) is 5.76 Å². The summed E-state index contributed by atoms with van der Waals surface area (Å²) in [6, 6.07) is 15.6. The van der Waals surface area contributed by atoms with Crippen LogP contribution in [0.3, 0.4) is 0 Å². The van der Waals surface area contributed by atoms with Crippen LogP contribution < -0.4 is 4.90 Å². The van der Waals surface area contributed by atoms with Crippen LogP contribution in [-0.2, 0) is 19.9 Å². The van der Waals surface area contributed by atoms with Gasteiger partial charge in [0, 0.05) is 24.2 Å². The minimum atomic E-state index is -1.72. The Morgan fingerprint density at radius 1 is 1.06 bits per heavy atom. The molecule has 2 aromatic carbocycles. The van der Waals surface area contributed by atoms with Crippen molar-refractivity contribution in [3.63, 3.8) is 0 Å². The number of benzene rings is 2. The maximum Gasteiger partial charge on any atom is 0.296 e. The fraction of sp³-hybridized carbons (Fsp3) is 0.269. The SMILES string of the molecule is C=CCN1C(=O)C2(/C(=C(\O)c3ccccc3)C(=O)C(=O)N2CCCN(C)C)c2ccccc21. The van der Waals surface area contributed by atoms with Crippen molar-refractivity contribution < 1.29 is 19.5 Å². The van der Waals surface area contributed by atoms with Crippen LogP contribution in [0.1, 0.15) is 17.5 Å². The van der Waals surface area contributed by atoms with Gasteiger partial charge in [-0.25, -0.2) is 0 Å². The molecule has 1 atom stereocenters. The molecule has 0 bridgehead atoms. The van der Waals surface area contributed by atoms with Gasteiger partial charge in [0.25, 0.3) is 17.6 Å². The van der Waals surface area contributed by atoms with Gasteiger partial charge in [-0.1, -0.05) is 54.6 Å². The summed E-state index contributed by atoms with van der Waals surface area (Å²) in [5.74, 6) is -2.43. The van der Waals surface area contributed by atoms with Crippen molar-refractivity contribution in [2.45, 2.75) is 12.0 Å². The van der Waals surface area contributed by atoms with E-state index in [-0.39, 0.29) is 24.4 Å². The molecule has 0 saturated carbocycles. The molecular formula is C26H27N3O4. The van der Waals surface area contributed by atoms with Gasteiger partial charge in [-0.05, 0) is 33.1 Å². The van der Waals surface area contributed by atoms with E-state index in [2.05, 4.69) is 6.58 Å². The van der Waals surface area contributed by atoms with E-state index in [0.717, 1.165) is 0 Å². The van der Waals surface area contributed by atoms with Gasteiger partial charge in [-0.15, -0.1) is 6.58 Å². The number of carbonyl (C=O) groups excluding carboxylic acids is 3. The number of Topliss-reactive ketones (excluding diaryl/α,β-unsaturated/α-hetero) is 1. The van der Waals surface area contributed by atoms with E-state index >= 15 is 0 Å². The van der Waals surface area contributed by atoms with E-state index in [1.54, 1.807) is 60.7 Å². The summed E-state index contributed by atoms with van der Waals surface area (Å²) in [4.78, 5) is 45.7. The first-order valence-corrected chi connectivity index (χ1v) is 10.9. The second-order valence-corrected chi connectivity index (χ2v) is 8.46. The normalized spacial score (nSPS) is 21.4. The molecule has 1 N–H and O–H groups in total. The van der Waals surface area contributed by atoms with Crippen molar-refractivity contribution in [1.82, 2.24) is 9.80 Å². The average Bonchev–Trinajstić information content (AvgIpc) is 3.18. The second-order valence-electron chi connectivity index (χ2n) is 8.46. The van der Waals surface area contributed by atoms with Crippen molar-refractivity contribution in [2.75, 3.05) is 38.6 Å². The predicted molar refractivity (Wildman–Crippen MR) is 127 cm³/mol. The predicted octanol–water partition coefficient (Wildman–Crippen LogP) is 2.75. The molecule has 2 aliphatic rings. The Morgan fingerprint density at radius 3 is 2.39 bits per heavy atom. The van der Waals surface area contributed by atoms with Gasteiger partial charge in [0.2, 0.25) is 0 Å². The summed E-state index contributed by atoms with van der Waals surface area (Å²) in [5, 5.41) is 11.3. The summed E-state index contributed by atoms with van der Waals surface area (Å²) in [6.07, 6.45) is 2.16. The lowest BCUT2D eigenvalue weighted by molar-refractivity contribution is -0.143. The number of nitrogens with zero attached hydrogens (tertiary/aromatic N) is 3. The molecule has 2 heterocycles. The number of likely N-dealkylation sites (tertiary alicyclic amines) is 1. The third-order valence-electron chi connectivity index (χ3n) is 6.16. The summed E-state index contributed by atoms with van der Waals surface area (Å²) < 4.78 is 0. The number of hydrogen-bond acceptors (Lipinski definition) is 5. The molecular weight excluding hydrogens is 418 g/mol. The number of hydrogen-bond donors (Lipinski definition) is 1. The van der Waals surface area contributed by atoms with Crippen LogP contribution in [0.2, 0.25) is 0 Å². The number of carbonyl (C=O) groups is 3. The van der Waals surface area contributed by atoms with E-state index in [0.29, 0.717) is 29.8 Å². The van der Waals surface area contributed by atoms with E-state index < -0.39 is 23.1 Å². The fourth-order valence-electron chi connectivity index (χ4n) is 4.76. The Labute approximate surface area is 193 Å². The standard InChI is InChI=1S/C26H27N3O4/c1-4-15-28-20-14-9-8-13-19(20)26(25(28)33)21(22(30)18-11-6-5-7-12-18)23(31)24(32)29(26)17-10-16-27(2)3/h4-9,11-14,30H,1,10,15-17H2,2-3H3/b22-21-. The van der Waals surface area contributed by atoms with Gasteiger partial charge in [-0.3, -0.25) is 14.4 Å². The first-order chi connectivity index (χ1) is 15.9. The van der Waals surface area contributed by atoms with Crippen molar-refractivity contribution in [3.05, 3.63) is 84.0 Å². The molecule has 2 aliphatic heterocycles. The van der Waals surface area contributed by atoms with Gasteiger partial charge in [0.1, 0.15) is 5.76 Å². The monoisotopic (exact) mass is 445 g/mol. The van der Waals surface area contributed by atoms with Crippen LogP contribution in [0, 0.1) is 0 Å². The van der Waals surface area contributed by atoms with Gasteiger partial charge in [0.05, 0.1) is 11.3 Å². The molecule has 4 rings (SSSR count). The maximum atomic E-state index is 14.1. The number of rotatable bonds is 7. The van der Waals surface area contributed by atoms with E-state index in [1.807, 2.05) is 19.0 Å². The molecule has 170 valence electrons. The Hall–Kier alpha value is -3.71. The van der Waals surface area contributed by atoms with Crippen molar-refractivity contribution >= 4 is 29.0 Å². The molecule has 33 heavy (non-hydrogen) atoms. The summed E-state index contributed by atoms with van der Waals surface area (Å²) in [6.45, 7) is 4.83. The van der Waals surface area contributed by atoms with E-state index in [4.69, 9.17) is 0 Å². The van der Waals surface area contributed by atoms with Gasteiger partial charge >= 0.3 is 0 Å². The third-order valence-corrected chi connectivity index (χ3v) is 6.16. The summed E-state index contributed by atoms with van der Waals surface area (Å²) in [5.41, 5.74) is -0.428. The van der Waals surface area contributed by atoms with Crippen LogP contribution >= 0.6 is 0 Å². The molecule has 7 nitrogen and oxygen atoms in total. The van der Waals surface area contributed by atoms with E-state index in [9.17, 15) is 19.5 Å². The van der Waals surface area contributed by atoms with Crippen LogP contribution in [0.5, 0.6) is 0 Å².